The highest BCUT2D eigenvalue weighted by molar-refractivity contribution is 7.49. The third-order valence-corrected chi connectivity index (χ3v) is 30.8. The molecule has 56 heteroatoms. The summed E-state index contributed by atoms with van der Waals surface area (Å²) in [7, 11) is -16.9. The molecule has 4 aromatic carbocycles. The summed E-state index contributed by atoms with van der Waals surface area (Å²) >= 11 is 0. The monoisotopic (exact) mass is 2160 g/mol. The van der Waals surface area contributed by atoms with Gasteiger partial charge in [-0.15, -0.1) is 0 Å². The molecule has 0 bridgehead atoms. The molecule has 44 nitrogen and oxygen atoms in total. The molecule has 4 aromatic heterocycles. The van der Waals surface area contributed by atoms with Gasteiger partial charge in [0.1, 0.15) is 88.0 Å². The molecule has 16 heterocycles. The van der Waals surface area contributed by atoms with Gasteiger partial charge in [-0.25, -0.2) is 37.4 Å². The lowest BCUT2D eigenvalue weighted by Gasteiger charge is -2.32. The van der Waals surface area contributed by atoms with Crippen molar-refractivity contribution in [2.45, 2.75) is 281 Å². The normalized spacial score (nSPS) is 29.9. The van der Waals surface area contributed by atoms with E-state index in [0.717, 1.165) is 78.5 Å². The Kier molecular flexibility index (Phi) is 30.3. The topological polar surface area (TPSA) is 509 Å². The fourth-order valence-electron chi connectivity index (χ4n) is 17.7. The fourth-order valence-corrected chi connectivity index (χ4v) is 24.0. The highest BCUT2D eigenvalue weighted by atomic mass is 31.2. The first-order valence-corrected chi connectivity index (χ1v) is 52.7. The molecule has 12 aliphatic rings. The molecule has 8 fully saturated rings. The lowest BCUT2D eigenvalue weighted by molar-refractivity contribution is -0.139. The number of carbonyl (C=O) groups excluding carboxylic acids is 4. The van der Waals surface area contributed by atoms with Crippen molar-refractivity contribution >= 4 is 78.2 Å². The molecule has 4 N–H and O–H groups in total. The lowest BCUT2D eigenvalue weighted by Crippen LogP contribution is -2.45. The van der Waals surface area contributed by atoms with E-state index in [1.54, 1.807) is 128 Å². The molecule has 8 saturated heterocycles. The van der Waals surface area contributed by atoms with E-state index in [4.69, 9.17) is 92.2 Å². The molecule has 0 radical (unpaired) electrons. The van der Waals surface area contributed by atoms with Gasteiger partial charge in [0.2, 0.25) is 24.9 Å². The number of benzene rings is 4. The van der Waals surface area contributed by atoms with Gasteiger partial charge in [0.05, 0.1) is 56.9 Å². The molecule has 20 rings (SSSR count). The van der Waals surface area contributed by atoms with Crippen molar-refractivity contribution in [3.63, 3.8) is 0 Å². The van der Waals surface area contributed by atoms with E-state index >= 15 is 35.1 Å². The first-order chi connectivity index (χ1) is 69.4. The molecular weight excluding hydrogens is 2060 g/mol. The zero-order valence-electron chi connectivity index (χ0n) is 81.5. The number of phosphoric acid groups is 4. The summed E-state index contributed by atoms with van der Waals surface area (Å²) < 4.78 is 279. The fraction of sp³-hybridized carbons (Fsp3) is 0.522. The number of anilines is 4. The molecule has 800 valence electrons. The number of nitrogens with zero attached hydrogens (tertiary/aromatic N) is 8. The lowest BCUT2D eigenvalue weighted by atomic mass is 9.93. The number of rotatable bonds is 20. The van der Waals surface area contributed by atoms with Crippen molar-refractivity contribution in [3.8, 4) is 23.0 Å². The number of fused-ring (bicyclic) bond motifs is 8. The molecule has 148 heavy (non-hydrogen) atoms. The summed E-state index contributed by atoms with van der Waals surface area (Å²) in [5, 5.41) is 10.00. The van der Waals surface area contributed by atoms with Crippen LogP contribution in [-0.4, -0.2) is 209 Å². The quantitative estimate of drug-likeness (QED) is 0.0407. The SMILES string of the molecule is CC(C)OP1(=O)OC[C@H]2OC(n3ccc(NC(=O)c4ccc5c(c4)CC(C)(C)O5)nc3=O)C(F)(F)[C@@H]2O1.CC(C)OP1(=O)OC[C@H]2OC(n3ccc(NC(=O)c4ccc5c(c4)CC(C)O5)nc3=O)C(F)(F)[C@@H]2O1.CC(C)OP1(=O)OC[C@H]2OC(n3ccc(NC(=O)c4ccc5c(c4)CCC(C)(C)O5)nc3=O)C(F)(F)[C@@H]2O1.CC(C)OP1(=O)OC[C@H]2OC(n3ccc(NC(=O)c4ccc5c(c4)CCC(C)O5)nc3=O)C(F)(F)[C@@H]2O1. The van der Waals surface area contributed by atoms with Crippen LogP contribution in [0.1, 0.15) is 198 Å². The Morgan fingerprint density at radius 2 is 0.642 bits per heavy atom. The minimum absolute atomic E-state index is 0.0129. The maximum absolute atomic E-state index is 15.3. The van der Waals surface area contributed by atoms with Crippen LogP contribution in [-0.2, 0) is 117 Å². The number of phosphoric ester groups is 4. The Morgan fingerprint density at radius 3 is 0.953 bits per heavy atom. The highest BCUT2D eigenvalue weighted by Gasteiger charge is 2.70. The summed E-state index contributed by atoms with van der Waals surface area (Å²) in [6.07, 6.45) is -15.1. The average Bonchev–Trinajstić information content (AvgIpc) is 1.60. The van der Waals surface area contributed by atoms with Gasteiger partial charge >= 0.3 is 77.7 Å². The van der Waals surface area contributed by atoms with Crippen molar-refractivity contribution in [2.75, 3.05) is 47.7 Å². The van der Waals surface area contributed by atoms with E-state index in [1.807, 2.05) is 41.5 Å². The van der Waals surface area contributed by atoms with E-state index in [9.17, 15) is 56.6 Å². The largest absolute Gasteiger partial charge is 0.490 e. The van der Waals surface area contributed by atoms with E-state index in [2.05, 4.69) is 41.2 Å². The predicted octanol–water partition coefficient (Wildman–Crippen LogP) is 14.8. The third kappa shape index (κ3) is 23.3. The minimum Gasteiger partial charge on any atom is -0.490 e. The number of hydrogen-bond donors (Lipinski definition) is 4. The van der Waals surface area contributed by atoms with Gasteiger partial charge in [0.25, 0.3) is 23.6 Å². The van der Waals surface area contributed by atoms with Crippen LogP contribution < -0.4 is 63.0 Å². The Morgan fingerprint density at radius 1 is 0.372 bits per heavy atom. The third-order valence-electron chi connectivity index (χ3n) is 24.3. The highest BCUT2D eigenvalue weighted by Crippen LogP contribution is 2.65. The number of halogens is 8. The summed E-state index contributed by atoms with van der Waals surface area (Å²) in [6, 6.07) is 24.7. The summed E-state index contributed by atoms with van der Waals surface area (Å²) in [5.41, 5.74) is -0.155. The van der Waals surface area contributed by atoms with Crippen molar-refractivity contribution < 1.29 is 165 Å². The molecular formula is C92H104F8N12O32P4. The molecule has 12 aliphatic heterocycles. The van der Waals surface area contributed by atoms with Crippen LogP contribution in [0.5, 0.6) is 23.0 Å². The van der Waals surface area contributed by atoms with Crippen LogP contribution in [0.3, 0.4) is 0 Å². The maximum Gasteiger partial charge on any atom is 0.475 e. The molecule has 8 aromatic rings. The molecule has 0 saturated carbocycles. The molecule has 18 atom stereocenters. The number of hydrogen-bond acceptors (Lipinski definition) is 36. The molecule has 10 unspecified atom stereocenters. The van der Waals surface area contributed by atoms with E-state index in [-0.39, 0.29) is 46.7 Å². The van der Waals surface area contributed by atoms with Crippen LogP contribution in [0, 0.1) is 0 Å². The van der Waals surface area contributed by atoms with Crippen LogP contribution in [0.15, 0.2) is 141 Å². The van der Waals surface area contributed by atoms with E-state index in [1.165, 1.54) is 24.3 Å². The second-order valence-corrected chi connectivity index (χ2v) is 44.9. The van der Waals surface area contributed by atoms with Crippen LogP contribution >= 0.6 is 31.3 Å². The second-order valence-electron chi connectivity index (χ2n) is 38.6. The van der Waals surface area contributed by atoms with E-state index < -0.39 is 226 Å². The maximum atomic E-state index is 15.3. The van der Waals surface area contributed by atoms with Crippen LogP contribution in [0.25, 0.3) is 0 Å². The van der Waals surface area contributed by atoms with Crippen molar-refractivity contribution in [3.05, 3.63) is 208 Å². The average molecular weight is 2170 g/mol. The van der Waals surface area contributed by atoms with Gasteiger partial charge in [0.15, 0.2) is 24.4 Å². The van der Waals surface area contributed by atoms with E-state index in [0.29, 0.717) is 70.6 Å². The first-order valence-electron chi connectivity index (χ1n) is 46.9. The Bertz CT molecular complexity index is 6940. The number of carbonyl (C=O) groups is 4. The van der Waals surface area contributed by atoms with Crippen LogP contribution in [0.4, 0.5) is 58.4 Å². The first kappa shape index (κ1) is 108. The zero-order valence-corrected chi connectivity index (χ0v) is 85.0. The van der Waals surface area contributed by atoms with Gasteiger partial charge in [-0.3, -0.25) is 91.7 Å². The van der Waals surface area contributed by atoms with Crippen molar-refractivity contribution in [2.24, 2.45) is 0 Å². The molecule has 4 amide bonds. The minimum atomic E-state index is -4.24. The predicted molar refractivity (Wildman–Crippen MR) is 499 cm³/mol. The Balaban J connectivity index is 0.000000135. The zero-order chi connectivity index (χ0) is 107. The smallest absolute Gasteiger partial charge is 0.475 e. The van der Waals surface area contributed by atoms with Gasteiger partial charge in [-0.1, -0.05) is 0 Å². The summed E-state index contributed by atoms with van der Waals surface area (Å²) in [6.45, 7) is 22.3. The van der Waals surface area contributed by atoms with Crippen molar-refractivity contribution in [1.82, 2.24) is 38.2 Å². The summed E-state index contributed by atoms with van der Waals surface area (Å²) in [5.74, 6) is -14.8. The number of aromatic nitrogens is 8. The molecule has 0 spiro atoms. The van der Waals surface area contributed by atoms with Gasteiger partial charge in [-0.05, 0) is 242 Å². The number of nitrogens with one attached hydrogen (secondary N) is 4. The van der Waals surface area contributed by atoms with Gasteiger partial charge in [0, 0.05) is 59.9 Å². The van der Waals surface area contributed by atoms with Gasteiger partial charge < -0.3 is 59.2 Å². The Hall–Kier alpha value is -10.8. The standard InChI is InChI=1S/C24H28F2N3O8P.2C23H26F2N3O8P.C22H24F2N3O8P/c1-13(2)36-38(32)33-12-17-19(37-38)24(25,26)21(34-17)29-10-8-18(28-22(29)31)27-20(30)15-5-6-16-14(11-15)7-9-23(3,4)35-16;1-12(2)35-37(31)32-11-16-18(36-37)23(24,25)20(33-16)28-8-7-17(27-21(28)30)26-19(29)13-5-6-15-14(9-13)10-22(3,4)34-15;1-12(2)35-37(31)32-11-17-19(36-37)23(24,25)21(34-17)28-9-8-18(27-22(28)30)26-20(29)15-6-7-16-14(10-15)5-4-13(3)33-16;1-11(2)34-36(30)31-10-16-18(35-36)22(23,24)20(33-16)27-7-6-17(26-21(27)29)25-19(28)13-4-5-15-14(9-13)8-12(3)32-15/h5-6,8,10-11,13,17,19,21H,7,9,12H2,1-4H3,(H,27,28,30,31);5-9,12,16,18,20H,10-11H2,1-4H3,(H,26,27,29,30);6-10,12-13,17,19,21H,4-5,11H2,1-3H3,(H,26,27,29,30);4-7,9,11-12,16,18,20H,8,10H2,1-3H3,(H,25,26,28,29)/t17-,19-,21?,38?;16-,18-,20?,37?;13?,17-,19-,21?,37?;12?,16-,18-,20?,36?/m1111/s1. The number of alkyl halides is 8. The summed E-state index contributed by atoms with van der Waals surface area (Å²) in [4.78, 5) is 116. The van der Waals surface area contributed by atoms with Gasteiger partial charge in [-0.2, -0.15) is 55.1 Å². The number of aryl methyl sites for hydroxylation is 2. The van der Waals surface area contributed by atoms with Crippen LogP contribution in [0.2, 0.25) is 0 Å². The second kappa shape index (κ2) is 41.4. The molecule has 0 aliphatic carbocycles. The Labute approximate surface area is 837 Å². The number of amides is 4. The van der Waals surface area contributed by atoms with Crippen molar-refractivity contribution in [1.29, 1.82) is 0 Å². The number of ether oxygens (including phenoxy) is 8.